The van der Waals surface area contributed by atoms with Gasteiger partial charge in [-0.15, -0.1) is 11.3 Å². The lowest BCUT2D eigenvalue weighted by molar-refractivity contribution is -0.115. The van der Waals surface area contributed by atoms with Crippen LogP contribution in [0.5, 0.6) is 0 Å². The minimum absolute atomic E-state index is 0.112. The van der Waals surface area contributed by atoms with Crippen molar-refractivity contribution in [2.24, 2.45) is 0 Å². The first-order valence-corrected chi connectivity index (χ1v) is 13.0. The Morgan fingerprint density at radius 2 is 1.54 bits per heavy atom. The number of carbonyl (C=O) groups excluding carboxylic acids is 1. The van der Waals surface area contributed by atoms with Crippen molar-refractivity contribution in [3.63, 3.8) is 0 Å². The van der Waals surface area contributed by atoms with Crippen LogP contribution in [-0.2, 0) is 4.79 Å². The summed E-state index contributed by atoms with van der Waals surface area (Å²) in [6.07, 6.45) is 0. The quantitative estimate of drug-likeness (QED) is 0.232. The lowest BCUT2D eigenvalue weighted by Crippen LogP contribution is -2.22. The fourth-order valence-corrected chi connectivity index (χ4v) is 5.17. The van der Waals surface area contributed by atoms with Crippen LogP contribution < -0.4 is 5.32 Å². The largest absolute Gasteiger partial charge is 0.332 e. The van der Waals surface area contributed by atoms with Gasteiger partial charge in [-0.2, -0.15) is 0 Å². The zero-order valence-corrected chi connectivity index (χ0v) is 21.0. The third-order valence-electron chi connectivity index (χ3n) is 5.53. The van der Waals surface area contributed by atoms with E-state index in [0.717, 1.165) is 33.8 Å². The second-order valence-electron chi connectivity index (χ2n) is 8.15. The maximum atomic E-state index is 12.9. The standard InChI is InChI=1S/C28H24N4OS2/c1-18-13-15-20(16-14-18)23-17-34-27(29-23)32-26(33)19(2)35-28-30-24(21-9-5-3-6-10-21)25(31-28)22-11-7-4-8-12-22/h3-17,19H,1-2H3,(H,30,31)(H,29,32,33). The maximum absolute atomic E-state index is 12.9. The smallest absolute Gasteiger partial charge is 0.239 e. The van der Waals surface area contributed by atoms with Crippen molar-refractivity contribution >= 4 is 34.1 Å². The molecule has 3 aromatic carbocycles. The molecule has 0 spiro atoms. The molecule has 5 aromatic rings. The van der Waals surface area contributed by atoms with E-state index in [1.165, 1.54) is 28.7 Å². The molecule has 0 aliphatic rings. The molecule has 2 heterocycles. The highest BCUT2D eigenvalue weighted by Crippen LogP contribution is 2.34. The second kappa shape index (κ2) is 10.3. The molecule has 1 unspecified atom stereocenters. The number of aromatic nitrogens is 3. The van der Waals surface area contributed by atoms with Crippen molar-refractivity contribution in [3.8, 4) is 33.8 Å². The van der Waals surface area contributed by atoms with Crippen molar-refractivity contribution < 1.29 is 4.79 Å². The molecular formula is C28H24N4OS2. The number of benzene rings is 3. The van der Waals surface area contributed by atoms with E-state index in [9.17, 15) is 4.79 Å². The first kappa shape index (κ1) is 23.1. The number of aromatic amines is 1. The molecule has 35 heavy (non-hydrogen) atoms. The average Bonchev–Trinajstić information content (AvgIpc) is 3.53. The Morgan fingerprint density at radius 1 is 0.886 bits per heavy atom. The third kappa shape index (κ3) is 5.37. The Balaban J connectivity index is 1.32. The highest BCUT2D eigenvalue weighted by atomic mass is 32.2. The highest BCUT2D eigenvalue weighted by Gasteiger charge is 2.21. The summed E-state index contributed by atoms with van der Waals surface area (Å²) in [4.78, 5) is 25.8. The molecule has 1 atom stereocenters. The van der Waals surface area contributed by atoms with Crippen molar-refractivity contribution in [2.45, 2.75) is 24.3 Å². The van der Waals surface area contributed by atoms with Crippen LogP contribution in [0, 0.1) is 6.92 Å². The number of hydrogen-bond donors (Lipinski definition) is 2. The summed E-state index contributed by atoms with van der Waals surface area (Å²) in [5.41, 5.74) is 6.98. The Bertz CT molecular complexity index is 1370. The van der Waals surface area contributed by atoms with Crippen molar-refractivity contribution in [2.75, 3.05) is 5.32 Å². The predicted molar refractivity (Wildman–Crippen MR) is 146 cm³/mol. The molecule has 0 radical (unpaired) electrons. The van der Waals surface area contributed by atoms with Crippen molar-refractivity contribution in [1.82, 2.24) is 15.0 Å². The van der Waals surface area contributed by atoms with Crippen molar-refractivity contribution in [1.29, 1.82) is 0 Å². The van der Waals surface area contributed by atoms with Gasteiger partial charge in [-0.25, -0.2) is 9.97 Å². The maximum Gasteiger partial charge on any atom is 0.239 e. The lowest BCUT2D eigenvalue weighted by Gasteiger charge is -2.08. The number of aryl methyl sites for hydroxylation is 1. The topological polar surface area (TPSA) is 70.7 Å². The molecule has 0 bridgehead atoms. The van der Waals surface area contributed by atoms with Gasteiger partial charge in [0, 0.05) is 22.1 Å². The number of hydrogen-bond acceptors (Lipinski definition) is 5. The molecule has 1 amide bonds. The van der Waals surface area contributed by atoms with Gasteiger partial charge < -0.3 is 10.3 Å². The van der Waals surface area contributed by atoms with Crippen LogP contribution in [0.2, 0.25) is 0 Å². The van der Waals surface area contributed by atoms with Crippen LogP contribution in [0.3, 0.4) is 0 Å². The zero-order valence-electron chi connectivity index (χ0n) is 19.4. The molecule has 5 rings (SSSR count). The number of nitrogens with one attached hydrogen (secondary N) is 2. The summed E-state index contributed by atoms with van der Waals surface area (Å²) >= 11 is 2.82. The number of anilines is 1. The van der Waals surface area contributed by atoms with Gasteiger partial charge in [-0.05, 0) is 13.8 Å². The normalized spacial score (nSPS) is 11.8. The highest BCUT2D eigenvalue weighted by molar-refractivity contribution is 8.00. The van der Waals surface area contributed by atoms with Gasteiger partial charge in [-0.1, -0.05) is 102 Å². The third-order valence-corrected chi connectivity index (χ3v) is 7.27. The van der Waals surface area contributed by atoms with Gasteiger partial charge >= 0.3 is 0 Å². The molecular weight excluding hydrogens is 472 g/mol. The summed E-state index contributed by atoms with van der Waals surface area (Å²) in [7, 11) is 0. The van der Waals surface area contributed by atoms with E-state index in [1.54, 1.807) is 0 Å². The first-order valence-electron chi connectivity index (χ1n) is 11.3. The molecule has 174 valence electrons. The van der Waals surface area contributed by atoms with Gasteiger partial charge in [0.2, 0.25) is 5.91 Å². The van der Waals surface area contributed by atoms with Gasteiger partial charge in [-0.3, -0.25) is 4.79 Å². The van der Waals surface area contributed by atoms with E-state index in [4.69, 9.17) is 4.98 Å². The Labute approximate surface area is 212 Å². The molecule has 0 fully saturated rings. The minimum Gasteiger partial charge on any atom is -0.332 e. The SMILES string of the molecule is Cc1ccc(-c2csc(NC(=O)C(C)Sc3nc(-c4ccccc4)c(-c4ccccc4)[nH]3)n2)cc1. The molecule has 7 heteroatoms. The molecule has 0 saturated heterocycles. The Kier molecular flexibility index (Phi) is 6.79. The fourth-order valence-electron chi connectivity index (χ4n) is 3.64. The fraction of sp³-hybridized carbons (Fsp3) is 0.107. The lowest BCUT2D eigenvalue weighted by atomic mass is 10.1. The average molecular weight is 497 g/mol. The molecule has 2 N–H and O–H groups in total. The zero-order chi connectivity index (χ0) is 24.2. The van der Waals surface area contributed by atoms with E-state index >= 15 is 0 Å². The van der Waals surface area contributed by atoms with Gasteiger partial charge in [0.15, 0.2) is 10.3 Å². The second-order valence-corrected chi connectivity index (χ2v) is 10.3. The molecule has 2 aromatic heterocycles. The summed E-state index contributed by atoms with van der Waals surface area (Å²) < 4.78 is 0. The molecule has 0 aliphatic carbocycles. The number of amides is 1. The van der Waals surface area contributed by atoms with E-state index in [-0.39, 0.29) is 11.2 Å². The monoisotopic (exact) mass is 496 g/mol. The van der Waals surface area contributed by atoms with Crippen LogP contribution in [0.1, 0.15) is 12.5 Å². The van der Waals surface area contributed by atoms with E-state index < -0.39 is 0 Å². The minimum atomic E-state index is -0.361. The van der Waals surface area contributed by atoms with Crippen LogP contribution in [-0.4, -0.2) is 26.1 Å². The van der Waals surface area contributed by atoms with E-state index in [2.05, 4.69) is 46.5 Å². The number of thioether (sulfide) groups is 1. The number of nitrogens with zero attached hydrogens (tertiary/aromatic N) is 2. The van der Waals surface area contributed by atoms with E-state index in [0.29, 0.717) is 10.3 Å². The van der Waals surface area contributed by atoms with Crippen LogP contribution in [0.4, 0.5) is 5.13 Å². The van der Waals surface area contributed by atoms with Gasteiger partial charge in [0.1, 0.15) is 0 Å². The Hall–Kier alpha value is -3.68. The Morgan fingerprint density at radius 3 is 2.23 bits per heavy atom. The van der Waals surface area contributed by atoms with Crippen LogP contribution in [0.25, 0.3) is 33.8 Å². The summed E-state index contributed by atoms with van der Waals surface area (Å²) in [6, 6.07) is 28.4. The summed E-state index contributed by atoms with van der Waals surface area (Å²) in [5, 5.41) is 5.84. The van der Waals surface area contributed by atoms with Gasteiger partial charge in [0.05, 0.1) is 22.3 Å². The first-order chi connectivity index (χ1) is 17.1. The summed E-state index contributed by atoms with van der Waals surface area (Å²) in [5.74, 6) is -0.112. The van der Waals surface area contributed by atoms with Crippen LogP contribution >= 0.6 is 23.1 Å². The number of carbonyl (C=O) groups is 1. The van der Waals surface area contributed by atoms with E-state index in [1.807, 2.05) is 73.0 Å². The van der Waals surface area contributed by atoms with Crippen molar-refractivity contribution in [3.05, 3.63) is 95.9 Å². The summed E-state index contributed by atoms with van der Waals surface area (Å²) in [6.45, 7) is 3.93. The molecule has 0 aliphatic heterocycles. The number of thiazole rings is 1. The van der Waals surface area contributed by atoms with Crippen LogP contribution in [0.15, 0.2) is 95.5 Å². The number of imidazole rings is 1. The number of rotatable bonds is 7. The predicted octanol–water partition coefficient (Wildman–Crippen LogP) is 7.29. The molecule has 0 saturated carbocycles. The number of H-pyrrole nitrogens is 1. The molecule has 5 nitrogen and oxygen atoms in total. The van der Waals surface area contributed by atoms with Gasteiger partial charge in [0.25, 0.3) is 0 Å².